The molecule has 1 aromatic rings. The molecule has 0 amide bonds. The third kappa shape index (κ3) is 6.80. The molecular weight excluding hydrogens is 384 g/mol. The van der Waals surface area contributed by atoms with E-state index in [-0.39, 0.29) is 24.7 Å². The molecule has 0 fully saturated rings. The molecule has 6 heteroatoms. The number of ether oxygens (including phenoxy) is 3. The summed E-state index contributed by atoms with van der Waals surface area (Å²) in [6, 6.07) is 1.54. The average Bonchev–Trinajstić information content (AvgIpc) is 3.03. The zero-order chi connectivity index (χ0) is 22.3. The summed E-state index contributed by atoms with van der Waals surface area (Å²) in [5, 5.41) is 20.2. The van der Waals surface area contributed by atoms with Crippen LogP contribution in [0.3, 0.4) is 0 Å². The Morgan fingerprint density at radius 1 is 1.23 bits per heavy atom. The van der Waals surface area contributed by atoms with Gasteiger partial charge in [0.2, 0.25) is 5.75 Å². The summed E-state index contributed by atoms with van der Waals surface area (Å²) in [6.45, 7) is 8.19. The van der Waals surface area contributed by atoms with Gasteiger partial charge in [0.1, 0.15) is 13.2 Å². The van der Waals surface area contributed by atoms with Gasteiger partial charge in [0.05, 0.1) is 18.3 Å². The van der Waals surface area contributed by atoms with Gasteiger partial charge in [0, 0.05) is 5.56 Å². The number of phenols is 1. The number of cyclic esters (lactones) is 1. The first-order valence-electron chi connectivity index (χ1n) is 10.4. The lowest BCUT2D eigenvalue weighted by Crippen LogP contribution is -2.17. The SMILES string of the molecule is COc1cc2c(c(O)c1OC/C=C(\C)CC/C=C(\C)CCCC(C)(C)O)COC2=O. The van der Waals surface area contributed by atoms with Crippen molar-refractivity contribution in [2.24, 2.45) is 0 Å². The lowest BCUT2D eigenvalue weighted by atomic mass is 9.99. The fourth-order valence-electron chi connectivity index (χ4n) is 3.32. The van der Waals surface area contributed by atoms with E-state index in [4.69, 9.17) is 14.2 Å². The first-order chi connectivity index (χ1) is 14.1. The Hall–Kier alpha value is -2.47. The topological polar surface area (TPSA) is 85.2 Å². The number of allylic oxidation sites excluding steroid dienone is 3. The van der Waals surface area contributed by atoms with E-state index in [0.717, 1.165) is 32.1 Å². The Labute approximate surface area is 179 Å². The molecule has 0 saturated heterocycles. The van der Waals surface area contributed by atoms with Crippen LogP contribution in [0, 0.1) is 0 Å². The van der Waals surface area contributed by atoms with E-state index in [1.807, 2.05) is 26.8 Å². The van der Waals surface area contributed by atoms with Crippen molar-refractivity contribution in [3.63, 3.8) is 0 Å². The second-order valence-electron chi connectivity index (χ2n) is 8.48. The van der Waals surface area contributed by atoms with Crippen molar-refractivity contribution < 1.29 is 29.2 Å². The van der Waals surface area contributed by atoms with E-state index in [9.17, 15) is 15.0 Å². The third-order valence-corrected chi connectivity index (χ3v) is 5.16. The first kappa shape index (κ1) is 23.8. The quantitative estimate of drug-likeness (QED) is 0.386. The smallest absolute Gasteiger partial charge is 0.339 e. The number of hydrogen-bond donors (Lipinski definition) is 2. The van der Waals surface area contributed by atoms with Gasteiger partial charge in [-0.1, -0.05) is 17.2 Å². The minimum atomic E-state index is -0.599. The van der Waals surface area contributed by atoms with Crippen LogP contribution in [0.5, 0.6) is 17.2 Å². The van der Waals surface area contributed by atoms with Gasteiger partial charge in [-0.3, -0.25) is 0 Å². The molecule has 0 radical (unpaired) electrons. The molecule has 1 aromatic carbocycles. The van der Waals surface area contributed by atoms with Gasteiger partial charge in [0.15, 0.2) is 11.5 Å². The summed E-state index contributed by atoms with van der Waals surface area (Å²) in [4.78, 5) is 11.7. The van der Waals surface area contributed by atoms with Crippen LogP contribution in [0.25, 0.3) is 0 Å². The zero-order valence-corrected chi connectivity index (χ0v) is 18.7. The maximum atomic E-state index is 11.7. The second-order valence-corrected chi connectivity index (χ2v) is 8.48. The molecule has 1 aliphatic heterocycles. The minimum absolute atomic E-state index is 0.0384. The molecule has 0 saturated carbocycles. The Balaban J connectivity index is 1.86. The fourth-order valence-corrected chi connectivity index (χ4v) is 3.32. The van der Waals surface area contributed by atoms with Crippen molar-refractivity contribution in [2.45, 2.75) is 72.0 Å². The van der Waals surface area contributed by atoms with Crippen molar-refractivity contribution in [3.05, 3.63) is 40.5 Å². The summed E-state index contributed by atoms with van der Waals surface area (Å²) in [5.74, 6) is -0.0444. The number of carbonyl (C=O) groups is 1. The number of benzene rings is 1. The Morgan fingerprint density at radius 3 is 2.60 bits per heavy atom. The largest absolute Gasteiger partial charge is 0.504 e. The number of phenolic OH excluding ortho intramolecular Hbond substituents is 1. The van der Waals surface area contributed by atoms with Gasteiger partial charge < -0.3 is 24.4 Å². The van der Waals surface area contributed by atoms with Crippen LogP contribution in [-0.2, 0) is 11.3 Å². The highest BCUT2D eigenvalue weighted by Crippen LogP contribution is 2.44. The number of aliphatic hydroxyl groups is 1. The Kier molecular flexibility index (Phi) is 8.35. The van der Waals surface area contributed by atoms with Crippen LogP contribution in [0.4, 0.5) is 0 Å². The van der Waals surface area contributed by atoms with Gasteiger partial charge in [0.25, 0.3) is 0 Å². The van der Waals surface area contributed by atoms with E-state index >= 15 is 0 Å². The summed E-state index contributed by atoms with van der Waals surface area (Å²) in [6.07, 6.45) is 8.87. The maximum Gasteiger partial charge on any atom is 0.339 e. The van der Waals surface area contributed by atoms with Gasteiger partial charge in [-0.15, -0.1) is 0 Å². The van der Waals surface area contributed by atoms with Crippen molar-refractivity contribution >= 4 is 5.97 Å². The summed E-state index contributed by atoms with van der Waals surface area (Å²) >= 11 is 0. The average molecular weight is 419 g/mol. The predicted octanol–water partition coefficient (Wildman–Crippen LogP) is 5.06. The number of fused-ring (bicyclic) bond motifs is 1. The molecule has 0 unspecified atom stereocenters. The summed E-state index contributed by atoms with van der Waals surface area (Å²) < 4.78 is 16.0. The monoisotopic (exact) mass is 418 g/mol. The fraction of sp³-hybridized carbons (Fsp3) is 0.542. The normalized spacial score (nSPS) is 14.5. The van der Waals surface area contributed by atoms with Gasteiger partial charge in [-0.05, 0) is 71.9 Å². The van der Waals surface area contributed by atoms with Crippen molar-refractivity contribution in [3.8, 4) is 17.2 Å². The number of methoxy groups -OCH3 is 1. The second kappa shape index (κ2) is 10.5. The number of rotatable bonds is 11. The molecule has 30 heavy (non-hydrogen) atoms. The first-order valence-corrected chi connectivity index (χ1v) is 10.4. The Bertz CT molecular complexity index is 814. The van der Waals surface area contributed by atoms with Crippen molar-refractivity contribution in [1.29, 1.82) is 0 Å². The van der Waals surface area contributed by atoms with Crippen LogP contribution in [0.15, 0.2) is 29.4 Å². The zero-order valence-electron chi connectivity index (χ0n) is 18.7. The molecule has 0 spiro atoms. The number of carbonyl (C=O) groups excluding carboxylic acids is 1. The highest BCUT2D eigenvalue weighted by molar-refractivity contribution is 5.95. The third-order valence-electron chi connectivity index (χ3n) is 5.16. The molecule has 0 bridgehead atoms. The molecule has 166 valence electrons. The molecule has 0 atom stereocenters. The molecule has 6 nitrogen and oxygen atoms in total. The van der Waals surface area contributed by atoms with E-state index in [2.05, 4.69) is 13.0 Å². The number of hydrogen-bond acceptors (Lipinski definition) is 6. The van der Waals surface area contributed by atoms with Crippen LogP contribution >= 0.6 is 0 Å². The highest BCUT2D eigenvalue weighted by Gasteiger charge is 2.29. The van der Waals surface area contributed by atoms with E-state index < -0.39 is 11.6 Å². The van der Waals surface area contributed by atoms with Crippen molar-refractivity contribution in [2.75, 3.05) is 13.7 Å². The van der Waals surface area contributed by atoms with Crippen LogP contribution in [0.2, 0.25) is 0 Å². The summed E-state index contributed by atoms with van der Waals surface area (Å²) in [7, 11) is 1.46. The highest BCUT2D eigenvalue weighted by atomic mass is 16.5. The van der Waals surface area contributed by atoms with Gasteiger partial charge in [-0.25, -0.2) is 4.79 Å². The van der Waals surface area contributed by atoms with Gasteiger partial charge in [-0.2, -0.15) is 0 Å². The van der Waals surface area contributed by atoms with Crippen LogP contribution in [0.1, 0.15) is 75.7 Å². The molecule has 0 aromatic heterocycles. The van der Waals surface area contributed by atoms with Crippen LogP contribution in [-0.4, -0.2) is 35.5 Å². The number of esters is 1. The standard InChI is InChI=1S/C24H34O6/c1-16(10-7-12-24(3,4)27)8-6-9-17(2)11-13-29-22-20(28-5)14-18-19(21(22)25)15-30-23(18)26/h8,11,14,25,27H,6-7,9-10,12-13,15H2,1-5H3/b16-8+,17-11+. The van der Waals surface area contributed by atoms with E-state index in [1.165, 1.54) is 18.3 Å². The molecular formula is C24H34O6. The Morgan fingerprint density at radius 2 is 1.93 bits per heavy atom. The molecule has 2 rings (SSSR count). The number of aromatic hydroxyl groups is 1. The van der Waals surface area contributed by atoms with Crippen LogP contribution < -0.4 is 9.47 Å². The molecule has 1 aliphatic rings. The molecule has 0 aliphatic carbocycles. The molecule has 1 heterocycles. The lowest BCUT2D eigenvalue weighted by Gasteiger charge is -2.16. The van der Waals surface area contributed by atoms with E-state index in [0.29, 0.717) is 16.9 Å². The molecule has 2 N–H and O–H groups in total. The van der Waals surface area contributed by atoms with Crippen molar-refractivity contribution in [1.82, 2.24) is 0 Å². The maximum absolute atomic E-state index is 11.7. The van der Waals surface area contributed by atoms with Gasteiger partial charge >= 0.3 is 5.97 Å². The summed E-state index contributed by atoms with van der Waals surface area (Å²) in [5.41, 5.74) is 2.68. The lowest BCUT2D eigenvalue weighted by molar-refractivity contribution is 0.0533. The minimum Gasteiger partial charge on any atom is -0.504 e. The van der Waals surface area contributed by atoms with E-state index in [1.54, 1.807) is 6.07 Å². The predicted molar refractivity (Wildman–Crippen MR) is 116 cm³/mol.